The van der Waals surface area contributed by atoms with E-state index < -0.39 is 0 Å². The predicted octanol–water partition coefficient (Wildman–Crippen LogP) is 2.97. The van der Waals surface area contributed by atoms with E-state index in [1.807, 2.05) is 61.5 Å². The third-order valence-corrected chi connectivity index (χ3v) is 3.72. The van der Waals surface area contributed by atoms with Crippen LogP contribution in [0.5, 0.6) is 0 Å². The molecule has 0 radical (unpaired) electrons. The molecule has 2 aromatic rings. The molecule has 1 aliphatic heterocycles. The van der Waals surface area contributed by atoms with Gasteiger partial charge in [0.25, 0.3) is 5.91 Å². The molecule has 0 saturated heterocycles. The number of hydrogen-bond donors (Lipinski definition) is 2. The predicted molar refractivity (Wildman–Crippen MR) is 87.4 cm³/mol. The lowest BCUT2D eigenvalue weighted by Crippen LogP contribution is -2.12. The molecule has 0 saturated carbocycles. The number of rotatable bonds is 3. The van der Waals surface area contributed by atoms with Gasteiger partial charge in [0.1, 0.15) is 0 Å². The molecule has 4 heteroatoms. The fraction of sp³-hybridized carbons (Fsp3) is 0.235. The van der Waals surface area contributed by atoms with Crippen LogP contribution in [-0.2, 0) is 6.42 Å². The molecule has 0 fully saturated rings. The maximum atomic E-state index is 12.3. The van der Waals surface area contributed by atoms with Crippen LogP contribution in [0.25, 0.3) is 0 Å². The number of carbonyl (C=O) groups is 1. The van der Waals surface area contributed by atoms with Crippen molar-refractivity contribution in [2.45, 2.75) is 6.42 Å². The van der Waals surface area contributed by atoms with E-state index in [0.29, 0.717) is 5.56 Å². The zero-order valence-electron chi connectivity index (χ0n) is 12.3. The van der Waals surface area contributed by atoms with Gasteiger partial charge in [0.2, 0.25) is 0 Å². The Morgan fingerprint density at radius 3 is 2.62 bits per heavy atom. The number of anilines is 3. The van der Waals surface area contributed by atoms with Gasteiger partial charge in [-0.15, -0.1) is 0 Å². The average Bonchev–Trinajstić information content (AvgIpc) is 2.95. The van der Waals surface area contributed by atoms with Gasteiger partial charge >= 0.3 is 0 Å². The minimum Gasteiger partial charge on any atom is -0.384 e. The quantitative estimate of drug-likeness (QED) is 0.909. The van der Waals surface area contributed by atoms with Gasteiger partial charge in [-0.1, -0.05) is 0 Å². The second-order valence-corrected chi connectivity index (χ2v) is 5.44. The van der Waals surface area contributed by atoms with Crippen LogP contribution in [0.3, 0.4) is 0 Å². The highest BCUT2D eigenvalue weighted by Gasteiger charge is 2.13. The van der Waals surface area contributed by atoms with E-state index in [2.05, 4.69) is 10.6 Å². The lowest BCUT2D eigenvalue weighted by Gasteiger charge is -2.13. The molecule has 1 aliphatic rings. The van der Waals surface area contributed by atoms with E-state index in [1.165, 1.54) is 5.56 Å². The molecule has 21 heavy (non-hydrogen) atoms. The number of nitrogens with one attached hydrogen (secondary N) is 2. The molecule has 0 bridgehead atoms. The van der Waals surface area contributed by atoms with Crippen molar-refractivity contribution in [1.82, 2.24) is 0 Å². The van der Waals surface area contributed by atoms with E-state index in [0.717, 1.165) is 30.0 Å². The van der Waals surface area contributed by atoms with E-state index in [-0.39, 0.29) is 5.91 Å². The van der Waals surface area contributed by atoms with Crippen LogP contribution in [0.4, 0.5) is 17.1 Å². The zero-order chi connectivity index (χ0) is 14.8. The highest BCUT2D eigenvalue weighted by Crippen LogP contribution is 2.23. The second kappa shape index (κ2) is 5.48. The molecular formula is C17H19N3O. The Labute approximate surface area is 124 Å². The summed E-state index contributed by atoms with van der Waals surface area (Å²) in [5, 5.41) is 6.23. The minimum atomic E-state index is -0.0673. The first-order valence-corrected chi connectivity index (χ1v) is 7.09. The highest BCUT2D eigenvalue weighted by molar-refractivity contribution is 6.04. The van der Waals surface area contributed by atoms with Crippen molar-refractivity contribution in [3.05, 3.63) is 53.6 Å². The topological polar surface area (TPSA) is 44.4 Å². The van der Waals surface area contributed by atoms with Crippen molar-refractivity contribution >= 4 is 23.0 Å². The van der Waals surface area contributed by atoms with Gasteiger partial charge in [-0.2, -0.15) is 0 Å². The number of nitrogens with zero attached hydrogens (tertiary/aromatic N) is 1. The van der Waals surface area contributed by atoms with Crippen LogP contribution in [0.2, 0.25) is 0 Å². The summed E-state index contributed by atoms with van der Waals surface area (Å²) < 4.78 is 0. The van der Waals surface area contributed by atoms with Gasteiger partial charge < -0.3 is 15.5 Å². The Morgan fingerprint density at radius 2 is 1.90 bits per heavy atom. The second-order valence-electron chi connectivity index (χ2n) is 5.44. The molecule has 0 spiro atoms. The van der Waals surface area contributed by atoms with E-state index in [1.54, 1.807) is 0 Å². The molecule has 0 unspecified atom stereocenters. The van der Waals surface area contributed by atoms with Crippen LogP contribution in [0.15, 0.2) is 42.5 Å². The molecule has 1 amide bonds. The van der Waals surface area contributed by atoms with Crippen LogP contribution < -0.4 is 15.5 Å². The molecule has 3 rings (SSSR count). The van der Waals surface area contributed by atoms with Crippen molar-refractivity contribution in [2.24, 2.45) is 0 Å². The van der Waals surface area contributed by atoms with Crippen molar-refractivity contribution in [2.75, 3.05) is 36.2 Å². The standard InChI is InChI=1S/C17H19N3O/c1-20(2)15-6-4-14(5-7-15)19-17(21)13-3-8-16-12(11-13)9-10-18-16/h3-8,11,18H,9-10H2,1-2H3,(H,19,21). The van der Waals surface area contributed by atoms with Crippen LogP contribution in [0.1, 0.15) is 15.9 Å². The molecule has 2 aromatic carbocycles. The maximum absolute atomic E-state index is 12.3. The normalized spacial score (nSPS) is 12.5. The summed E-state index contributed by atoms with van der Waals surface area (Å²) in [5.74, 6) is -0.0673. The summed E-state index contributed by atoms with van der Waals surface area (Å²) in [5.41, 5.74) is 4.97. The van der Waals surface area contributed by atoms with Gasteiger partial charge in [0.15, 0.2) is 0 Å². The minimum absolute atomic E-state index is 0.0673. The Morgan fingerprint density at radius 1 is 1.14 bits per heavy atom. The fourth-order valence-corrected chi connectivity index (χ4v) is 2.49. The summed E-state index contributed by atoms with van der Waals surface area (Å²) in [6.45, 7) is 0.951. The van der Waals surface area contributed by atoms with Crippen molar-refractivity contribution < 1.29 is 4.79 Å². The molecule has 0 aromatic heterocycles. The van der Waals surface area contributed by atoms with Gasteiger partial charge in [-0.3, -0.25) is 4.79 Å². The number of fused-ring (bicyclic) bond motifs is 1. The van der Waals surface area contributed by atoms with Gasteiger partial charge in [-0.25, -0.2) is 0 Å². The first kappa shape index (κ1) is 13.5. The Bertz CT molecular complexity index is 662. The van der Waals surface area contributed by atoms with Crippen molar-refractivity contribution in [3.8, 4) is 0 Å². The lowest BCUT2D eigenvalue weighted by atomic mass is 10.1. The fourth-order valence-electron chi connectivity index (χ4n) is 2.49. The lowest BCUT2D eigenvalue weighted by molar-refractivity contribution is 0.102. The first-order chi connectivity index (χ1) is 10.1. The summed E-state index contributed by atoms with van der Waals surface area (Å²) in [4.78, 5) is 14.3. The summed E-state index contributed by atoms with van der Waals surface area (Å²) in [7, 11) is 3.98. The van der Waals surface area contributed by atoms with Crippen LogP contribution >= 0.6 is 0 Å². The monoisotopic (exact) mass is 281 g/mol. The molecule has 1 heterocycles. The summed E-state index contributed by atoms with van der Waals surface area (Å²) in [6, 6.07) is 13.6. The highest BCUT2D eigenvalue weighted by atomic mass is 16.1. The molecule has 2 N–H and O–H groups in total. The number of hydrogen-bond acceptors (Lipinski definition) is 3. The van der Waals surface area contributed by atoms with Crippen molar-refractivity contribution in [3.63, 3.8) is 0 Å². The van der Waals surface area contributed by atoms with Gasteiger partial charge in [0, 0.05) is 43.3 Å². The maximum Gasteiger partial charge on any atom is 0.255 e. The van der Waals surface area contributed by atoms with Gasteiger partial charge in [0.05, 0.1) is 0 Å². The van der Waals surface area contributed by atoms with Gasteiger partial charge in [-0.05, 0) is 54.4 Å². The van der Waals surface area contributed by atoms with E-state index in [4.69, 9.17) is 0 Å². The number of amides is 1. The smallest absolute Gasteiger partial charge is 0.255 e. The zero-order valence-corrected chi connectivity index (χ0v) is 12.3. The van der Waals surface area contributed by atoms with E-state index in [9.17, 15) is 4.79 Å². The first-order valence-electron chi connectivity index (χ1n) is 7.09. The van der Waals surface area contributed by atoms with Crippen LogP contribution in [0, 0.1) is 0 Å². The third kappa shape index (κ3) is 2.84. The number of benzene rings is 2. The molecule has 108 valence electrons. The molecule has 0 aliphatic carbocycles. The average molecular weight is 281 g/mol. The third-order valence-electron chi connectivity index (χ3n) is 3.72. The van der Waals surface area contributed by atoms with Crippen LogP contribution in [-0.4, -0.2) is 26.5 Å². The van der Waals surface area contributed by atoms with E-state index >= 15 is 0 Å². The summed E-state index contributed by atoms with van der Waals surface area (Å²) in [6.07, 6.45) is 0.980. The largest absolute Gasteiger partial charge is 0.384 e. The Kier molecular flexibility index (Phi) is 3.52. The molecule has 4 nitrogen and oxygen atoms in total. The molecular weight excluding hydrogens is 262 g/mol. The van der Waals surface area contributed by atoms with Crippen molar-refractivity contribution in [1.29, 1.82) is 0 Å². The summed E-state index contributed by atoms with van der Waals surface area (Å²) >= 11 is 0. The Balaban J connectivity index is 1.74. The molecule has 0 atom stereocenters. The number of carbonyl (C=O) groups excluding carboxylic acids is 1. The Hall–Kier alpha value is -2.49. The SMILES string of the molecule is CN(C)c1ccc(NC(=O)c2ccc3c(c2)CCN3)cc1.